The summed E-state index contributed by atoms with van der Waals surface area (Å²) in [4.78, 5) is 20.5. The van der Waals surface area contributed by atoms with E-state index in [2.05, 4.69) is 10.1 Å². The van der Waals surface area contributed by atoms with Crippen LogP contribution in [-0.4, -0.2) is 57.9 Å². The third-order valence-electron chi connectivity index (χ3n) is 5.08. The molecule has 0 radical (unpaired) electrons. The SMILES string of the molecule is CCN(C(=O)C1CCN(CCC(F)(F)F)CC1)c1cn(-c2cccnc2)nc1Cl. The molecule has 1 aliphatic rings. The summed E-state index contributed by atoms with van der Waals surface area (Å²) >= 11 is 6.30. The summed E-state index contributed by atoms with van der Waals surface area (Å²) in [5.74, 6) is -0.314. The molecule has 0 saturated carbocycles. The van der Waals surface area contributed by atoms with Crippen LogP contribution in [0, 0.1) is 5.92 Å². The lowest BCUT2D eigenvalue weighted by atomic mass is 9.95. The Labute approximate surface area is 172 Å². The molecule has 0 aliphatic carbocycles. The van der Waals surface area contributed by atoms with Gasteiger partial charge in [-0.3, -0.25) is 9.78 Å². The Morgan fingerprint density at radius 3 is 2.66 bits per heavy atom. The molecule has 3 heterocycles. The fourth-order valence-electron chi connectivity index (χ4n) is 3.50. The average Bonchev–Trinajstić information content (AvgIpc) is 3.09. The predicted octanol–water partition coefficient (Wildman–Crippen LogP) is 3.94. The molecule has 10 heteroatoms. The maximum Gasteiger partial charge on any atom is 0.390 e. The summed E-state index contributed by atoms with van der Waals surface area (Å²) in [6.45, 7) is 3.21. The van der Waals surface area contributed by atoms with Crippen LogP contribution in [0.3, 0.4) is 0 Å². The molecule has 0 bridgehead atoms. The van der Waals surface area contributed by atoms with Crippen molar-refractivity contribution in [2.24, 2.45) is 5.92 Å². The van der Waals surface area contributed by atoms with Crippen molar-refractivity contribution in [3.05, 3.63) is 35.9 Å². The second-order valence-electron chi connectivity index (χ2n) is 7.02. The van der Waals surface area contributed by atoms with Gasteiger partial charge in [0.25, 0.3) is 0 Å². The number of hydrogen-bond acceptors (Lipinski definition) is 4. The zero-order valence-corrected chi connectivity index (χ0v) is 16.8. The number of likely N-dealkylation sites (tertiary alicyclic amines) is 1. The highest BCUT2D eigenvalue weighted by atomic mass is 35.5. The highest BCUT2D eigenvalue weighted by Gasteiger charge is 2.32. The van der Waals surface area contributed by atoms with Gasteiger partial charge in [0.15, 0.2) is 5.15 Å². The smallest absolute Gasteiger partial charge is 0.308 e. The standard InChI is InChI=1S/C19H23ClF3N5O/c1-2-27(16-13-28(25-17(16)20)15-4-3-8-24-12-15)18(29)14-5-9-26(10-6-14)11-7-19(21,22)23/h3-4,8,12-14H,2,5-7,9-11H2,1H3. The molecule has 158 valence electrons. The molecule has 3 rings (SSSR count). The van der Waals surface area contributed by atoms with Gasteiger partial charge in [-0.1, -0.05) is 11.6 Å². The number of rotatable bonds is 6. The Hall–Kier alpha value is -2.13. The third-order valence-corrected chi connectivity index (χ3v) is 5.35. The highest BCUT2D eigenvalue weighted by molar-refractivity contribution is 6.32. The van der Waals surface area contributed by atoms with Crippen LogP contribution in [-0.2, 0) is 4.79 Å². The fraction of sp³-hybridized carbons (Fsp3) is 0.526. The van der Waals surface area contributed by atoms with Crippen molar-refractivity contribution in [1.29, 1.82) is 0 Å². The van der Waals surface area contributed by atoms with Gasteiger partial charge in [0, 0.05) is 25.2 Å². The second-order valence-corrected chi connectivity index (χ2v) is 7.38. The first-order chi connectivity index (χ1) is 13.8. The summed E-state index contributed by atoms with van der Waals surface area (Å²) in [6, 6.07) is 3.61. The molecule has 2 aromatic heterocycles. The van der Waals surface area contributed by atoms with E-state index in [-0.39, 0.29) is 23.5 Å². The lowest BCUT2D eigenvalue weighted by Crippen LogP contribution is -2.43. The van der Waals surface area contributed by atoms with Gasteiger partial charge in [0.2, 0.25) is 5.91 Å². The number of nitrogens with zero attached hydrogens (tertiary/aromatic N) is 5. The van der Waals surface area contributed by atoms with E-state index in [9.17, 15) is 18.0 Å². The molecule has 0 aromatic carbocycles. The van der Waals surface area contributed by atoms with E-state index in [0.29, 0.717) is 38.2 Å². The number of aromatic nitrogens is 3. The second kappa shape index (κ2) is 9.13. The highest BCUT2D eigenvalue weighted by Crippen LogP contribution is 2.30. The lowest BCUT2D eigenvalue weighted by molar-refractivity contribution is -0.139. The Morgan fingerprint density at radius 1 is 1.34 bits per heavy atom. The van der Waals surface area contributed by atoms with E-state index in [1.165, 1.54) is 0 Å². The quantitative estimate of drug-likeness (QED) is 0.698. The Bertz CT molecular complexity index is 819. The molecule has 1 saturated heterocycles. The zero-order chi connectivity index (χ0) is 21.0. The lowest BCUT2D eigenvalue weighted by Gasteiger charge is -2.33. The first-order valence-corrected chi connectivity index (χ1v) is 9.92. The minimum atomic E-state index is -4.16. The summed E-state index contributed by atoms with van der Waals surface area (Å²) in [5, 5.41) is 4.48. The number of carbonyl (C=O) groups is 1. The normalized spacial score (nSPS) is 16.2. The van der Waals surface area contributed by atoms with Crippen LogP contribution in [0.2, 0.25) is 5.15 Å². The third kappa shape index (κ3) is 5.48. The van der Waals surface area contributed by atoms with Crippen LogP contribution < -0.4 is 4.90 Å². The number of halogens is 4. The topological polar surface area (TPSA) is 54.3 Å². The van der Waals surface area contributed by atoms with Crippen molar-refractivity contribution in [1.82, 2.24) is 19.7 Å². The number of amides is 1. The molecule has 6 nitrogen and oxygen atoms in total. The molecule has 1 amide bonds. The minimum absolute atomic E-state index is 0.0222. The molecule has 2 aromatic rings. The van der Waals surface area contributed by atoms with Crippen molar-refractivity contribution in [2.75, 3.05) is 31.1 Å². The Morgan fingerprint density at radius 2 is 2.07 bits per heavy atom. The first kappa shape index (κ1) is 21.6. The number of piperidine rings is 1. The molecule has 1 fully saturated rings. The van der Waals surface area contributed by atoms with Crippen LogP contribution in [0.5, 0.6) is 0 Å². The maximum atomic E-state index is 13.1. The summed E-state index contributed by atoms with van der Waals surface area (Å²) in [6.07, 6.45) is 1.06. The number of anilines is 1. The predicted molar refractivity (Wildman–Crippen MR) is 104 cm³/mol. The van der Waals surface area contributed by atoms with Crippen LogP contribution in [0.1, 0.15) is 26.2 Å². The number of carbonyl (C=O) groups excluding carboxylic acids is 1. The van der Waals surface area contributed by atoms with Gasteiger partial charge in [0.05, 0.1) is 24.5 Å². The molecule has 1 aliphatic heterocycles. The molecule has 0 spiro atoms. The summed E-state index contributed by atoms with van der Waals surface area (Å²) < 4.78 is 38.8. The monoisotopic (exact) mass is 429 g/mol. The average molecular weight is 430 g/mol. The summed E-state index contributed by atoms with van der Waals surface area (Å²) in [5.41, 5.74) is 1.24. The van der Waals surface area contributed by atoms with Crippen molar-refractivity contribution in [3.63, 3.8) is 0 Å². The van der Waals surface area contributed by atoms with E-state index in [1.54, 1.807) is 39.1 Å². The number of hydrogen-bond donors (Lipinski definition) is 0. The fourth-order valence-corrected chi connectivity index (χ4v) is 3.73. The van der Waals surface area contributed by atoms with Crippen LogP contribution >= 0.6 is 11.6 Å². The van der Waals surface area contributed by atoms with Gasteiger partial charge >= 0.3 is 6.18 Å². The molecule has 29 heavy (non-hydrogen) atoms. The van der Waals surface area contributed by atoms with Gasteiger partial charge in [0.1, 0.15) is 5.69 Å². The van der Waals surface area contributed by atoms with Crippen LogP contribution in [0.4, 0.5) is 18.9 Å². The van der Waals surface area contributed by atoms with E-state index >= 15 is 0 Å². The minimum Gasteiger partial charge on any atom is -0.308 e. The van der Waals surface area contributed by atoms with Crippen LogP contribution in [0.25, 0.3) is 5.69 Å². The van der Waals surface area contributed by atoms with Crippen molar-refractivity contribution in [3.8, 4) is 5.69 Å². The molecular formula is C19H23ClF3N5O. The van der Waals surface area contributed by atoms with Crippen LogP contribution in [0.15, 0.2) is 30.7 Å². The van der Waals surface area contributed by atoms with Crippen molar-refractivity contribution < 1.29 is 18.0 Å². The number of alkyl halides is 3. The molecule has 0 atom stereocenters. The largest absolute Gasteiger partial charge is 0.390 e. The van der Waals surface area contributed by atoms with Crippen molar-refractivity contribution >= 4 is 23.2 Å². The van der Waals surface area contributed by atoms with E-state index in [4.69, 9.17) is 11.6 Å². The van der Waals surface area contributed by atoms with E-state index in [1.807, 2.05) is 13.0 Å². The molecular weight excluding hydrogens is 407 g/mol. The Kier molecular flexibility index (Phi) is 6.79. The van der Waals surface area contributed by atoms with Gasteiger partial charge in [-0.05, 0) is 45.0 Å². The Balaban J connectivity index is 1.65. The van der Waals surface area contributed by atoms with Crippen molar-refractivity contribution in [2.45, 2.75) is 32.4 Å². The van der Waals surface area contributed by atoms with E-state index in [0.717, 1.165) is 5.69 Å². The zero-order valence-electron chi connectivity index (χ0n) is 16.1. The molecule has 0 unspecified atom stereocenters. The van der Waals surface area contributed by atoms with E-state index < -0.39 is 12.6 Å². The van der Waals surface area contributed by atoms with Gasteiger partial charge in [-0.15, -0.1) is 0 Å². The summed E-state index contributed by atoms with van der Waals surface area (Å²) in [7, 11) is 0. The maximum absolute atomic E-state index is 13.1. The molecule has 0 N–H and O–H groups in total. The number of pyridine rings is 1. The van der Waals surface area contributed by atoms with Gasteiger partial charge in [-0.2, -0.15) is 18.3 Å². The van der Waals surface area contributed by atoms with Gasteiger partial charge in [-0.25, -0.2) is 4.68 Å². The van der Waals surface area contributed by atoms with Gasteiger partial charge < -0.3 is 9.80 Å². The first-order valence-electron chi connectivity index (χ1n) is 9.54.